The van der Waals surface area contributed by atoms with Gasteiger partial charge in [0.2, 0.25) is 0 Å². The Hall–Kier alpha value is -3.53. The van der Waals surface area contributed by atoms with Gasteiger partial charge in [0, 0.05) is 11.6 Å². The maximum Gasteiger partial charge on any atom is 0.330 e. The molecule has 0 amide bonds. The van der Waals surface area contributed by atoms with Crippen LogP contribution in [-0.4, -0.2) is 56.3 Å². The Morgan fingerprint density at radius 3 is 2.13 bits per heavy atom. The second-order valence-corrected chi connectivity index (χ2v) is 9.01. The van der Waals surface area contributed by atoms with E-state index in [1.165, 1.54) is 13.2 Å². The normalized spacial score (nSPS) is 20.8. The minimum Gasteiger partial charge on any atom is -0.497 e. The maximum atomic E-state index is 12.0. The number of benzene rings is 3. The van der Waals surface area contributed by atoms with E-state index in [9.17, 15) is 9.90 Å². The van der Waals surface area contributed by atoms with Gasteiger partial charge in [-0.05, 0) is 29.3 Å². The molecule has 0 spiro atoms. The van der Waals surface area contributed by atoms with Crippen molar-refractivity contribution in [1.29, 1.82) is 0 Å². The van der Waals surface area contributed by atoms with Crippen LogP contribution in [0.3, 0.4) is 0 Å². The maximum absolute atomic E-state index is 12.0. The number of rotatable bonds is 12. The van der Waals surface area contributed by atoms with Crippen LogP contribution in [-0.2, 0) is 41.7 Å². The summed E-state index contributed by atoms with van der Waals surface area (Å²) in [6.45, 7) is 0.519. The summed E-state index contributed by atoms with van der Waals surface area (Å²) < 4.78 is 34.8. The molecule has 0 aliphatic carbocycles. The van der Waals surface area contributed by atoms with Crippen LogP contribution in [0.1, 0.15) is 23.0 Å². The van der Waals surface area contributed by atoms with Crippen molar-refractivity contribution >= 4 is 5.97 Å². The van der Waals surface area contributed by atoms with Crippen molar-refractivity contribution in [2.75, 3.05) is 20.8 Å². The predicted octanol–water partition coefficient (Wildman–Crippen LogP) is 4.37. The molecule has 4 rings (SSSR count). The highest BCUT2D eigenvalue weighted by molar-refractivity contribution is 5.81. The molecule has 1 saturated heterocycles. The standard InChI is InChI=1S/C31H34O8/c1-34-25-15-13-24(14-16-25)31-38-21-26(32)29(39-31)30(37-20-23-11-7-4-8-12-23)27(17-18-28(33)35-2)36-19-22-9-5-3-6-10-22/h3-18,26-27,29-32H,19-21H2,1-2H3/b18-17+/t26-,27+,29-,30-,31?/m1/s1. The van der Waals surface area contributed by atoms with E-state index in [1.807, 2.05) is 84.9 Å². The molecule has 0 saturated carbocycles. The number of hydrogen-bond donors (Lipinski definition) is 1. The average molecular weight is 535 g/mol. The monoisotopic (exact) mass is 534 g/mol. The molecule has 206 valence electrons. The Bertz CT molecular complexity index is 1170. The molecule has 0 radical (unpaired) electrons. The molecule has 5 atom stereocenters. The van der Waals surface area contributed by atoms with Crippen LogP contribution >= 0.6 is 0 Å². The molecule has 1 aliphatic rings. The summed E-state index contributed by atoms with van der Waals surface area (Å²) in [5.41, 5.74) is 2.65. The molecule has 3 aromatic carbocycles. The largest absolute Gasteiger partial charge is 0.497 e. The molecule has 1 N–H and O–H groups in total. The molecule has 1 aliphatic heterocycles. The van der Waals surface area contributed by atoms with Crippen LogP contribution in [0, 0.1) is 0 Å². The highest BCUT2D eigenvalue weighted by Crippen LogP contribution is 2.32. The van der Waals surface area contributed by atoms with Gasteiger partial charge in [0.25, 0.3) is 0 Å². The van der Waals surface area contributed by atoms with E-state index in [4.69, 9.17) is 28.4 Å². The molecule has 1 heterocycles. The Balaban J connectivity index is 1.62. The molecule has 1 unspecified atom stereocenters. The first-order valence-corrected chi connectivity index (χ1v) is 12.7. The second-order valence-electron chi connectivity index (χ2n) is 9.01. The predicted molar refractivity (Wildman–Crippen MR) is 144 cm³/mol. The molecule has 0 aromatic heterocycles. The van der Waals surface area contributed by atoms with Gasteiger partial charge in [0.1, 0.15) is 30.2 Å². The van der Waals surface area contributed by atoms with Gasteiger partial charge in [-0.3, -0.25) is 0 Å². The molecular formula is C31H34O8. The molecule has 0 bridgehead atoms. The molecule has 8 nitrogen and oxygen atoms in total. The Morgan fingerprint density at radius 1 is 0.923 bits per heavy atom. The first-order chi connectivity index (χ1) is 19.1. The molecule has 1 fully saturated rings. The first kappa shape index (κ1) is 28.5. The van der Waals surface area contributed by atoms with Crippen molar-refractivity contribution in [1.82, 2.24) is 0 Å². The smallest absolute Gasteiger partial charge is 0.330 e. The minimum absolute atomic E-state index is 0.0265. The van der Waals surface area contributed by atoms with Crippen LogP contribution in [0.4, 0.5) is 0 Å². The molecule has 3 aromatic rings. The quantitative estimate of drug-likeness (QED) is 0.271. The van der Waals surface area contributed by atoms with Crippen molar-refractivity contribution in [3.8, 4) is 5.75 Å². The van der Waals surface area contributed by atoms with E-state index in [1.54, 1.807) is 13.2 Å². The lowest BCUT2D eigenvalue weighted by atomic mass is 10.00. The van der Waals surface area contributed by atoms with Gasteiger partial charge in [0.15, 0.2) is 6.29 Å². The van der Waals surface area contributed by atoms with E-state index in [2.05, 4.69) is 0 Å². The number of carbonyl (C=O) groups excluding carboxylic acids is 1. The third-order valence-corrected chi connectivity index (χ3v) is 6.31. The number of methoxy groups -OCH3 is 2. The zero-order valence-electron chi connectivity index (χ0n) is 22.1. The third kappa shape index (κ3) is 8.23. The van der Waals surface area contributed by atoms with Gasteiger partial charge in [-0.25, -0.2) is 4.79 Å². The number of aliphatic hydroxyl groups is 1. The van der Waals surface area contributed by atoms with E-state index in [-0.39, 0.29) is 19.8 Å². The number of esters is 1. The fourth-order valence-corrected chi connectivity index (χ4v) is 4.20. The van der Waals surface area contributed by atoms with Gasteiger partial charge in [0.05, 0.1) is 34.0 Å². The third-order valence-electron chi connectivity index (χ3n) is 6.31. The highest BCUT2D eigenvalue weighted by atomic mass is 16.7. The van der Waals surface area contributed by atoms with Crippen molar-refractivity contribution in [2.24, 2.45) is 0 Å². The fraction of sp³-hybridized carbons (Fsp3) is 0.323. The number of ether oxygens (including phenoxy) is 6. The van der Waals surface area contributed by atoms with Gasteiger partial charge in [-0.2, -0.15) is 0 Å². The summed E-state index contributed by atoms with van der Waals surface area (Å²) in [7, 11) is 2.90. The summed E-state index contributed by atoms with van der Waals surface area (Å²) in [5.74, 6) is 0.173. The lowest BCUT2D eigenvalue weighted by Gasteiger charge is -2.40. The lowest BCUT2D eigenvalue weighted by molar-refractivity contribution is -0.289. The van der Waals surface area contributed by atoms with Gasteiger partial charge in [-0.15, -0.1) is 0 Å². The van der Waals surface area contributed by atoms with Gasteiger partial charge < -0.3 is 33.5 Å². The summed E-state index contributed by atoms with van der Waals surface area (Å²) in [6.07, 6.45) is -1.27. The molecular weight excluding hydrogens is 500 g/mol. The number of aliphatic hydroxyl groups excluding tert-OH is 1. The summed E-state index contributed by atoms with van der Waals surface area (Å²) in [6, 6.07) is 26.7. The van der Waals surface area contributed by atoms with Crippen LogP contribution in [0.5, 0.6) is 5.75 Å². The average Bonchev–Trinajstić information content (AvgIpc) is 2.99. The van der Waals surface area contributed by atoms with E-state index in [0.29, 0.717) is 5.75 Å². The van der Waals surface area contributed by atoms with Crippen molar-refractivity contribution in [3.63, 3.8) is 0 Å². The minimum atomic E-state index is -1.00. The number of hydrogen-bond acceptors (Lipinski definition) is 8. The van der Waals surface area contributed by atoms with Crippen molar-refractivity contribution < 1.29 is 38.3 Å². The Morgan fingerprint density at radius 2 is 1.54 bits per heavy atom. The summed E-state index contributed by atoms with van der Waals surface area (Å²) in [5, 5.41) is 11.0. The first-order valence-electron chi connectivity index (χ1n) is 12.7. The Labute approximate surface area is 228 Å². The summed E-state index contributed by atoms with van der Waals surface area (Å²) in [4.78, 5) is 12.0. The SMILES string of the molecule is COC(=O)/C=C/[C@H](OCc1ccccc1)[C@@H](OCc1ccccc1)[C@@H]1OC(c2ccc(OC)cc2)OC[C@H]1O. The van der Waals surface area contributed by atoms with E-state index >= 15 is 0 Å². The van der Waals surface area contributed by atoms with Crippen molar-refractivity contribution in [2.45, 2.75) is 43.9 Å². The zero-order chi connectivity index (χ0) is 27.5. The summed E-state index contributed by atoms with van der Waals surface area (Å²) >= 11 is 0. The van der Waals surface area contributed by atoms with Gasteiger partial charge >= 0.3 is 5.97 Å². The second kappa shape index (κ2) is 14.6. The van der Waals surface area contributed by atoms with Crippen LogP contribution in [0.25, 0.3) is 0 Å². The van der Waals surface area contributed by atoms with Gasteiger partial charge in [-0.1, -0.05) is 72.8 Å². The molecule has 8 heteroatoms. The van der Waals surface area contributed by atoms with Crippen molar-refractivity contribution in [3.05, 3.63) is 114 Å². The van der Waals surface area contributed by atoms with Crippen LogP contribution < -0.4 is 4.74 Å². The van der Waals surface area contributed by atoms with E-state index < -0.39 is 36.7 Å². The van der Waals surface area contributed by atoms with Crippen LogP contribution in [0.2, 0.25) is 0 Å². The number of carbonyl (C=O) groups is 1. The van der Waals surface area contributed by atoms with E-state index in [0.717, 1.165) is 16.7 Å². The zero-order valence-corrected chi connectivity index (χ0v) is 22.1. The highest BCUT2D eigenvalue weighted by Gasteiger charge is 2.41. The molecule has 39 heavy (non-hydrogen) atoms. The Kier molecular flexibility index (Phi) is 10.6. The topological polar surface area (TPSA) is 92.7 Å². The lowest BCUT2D eigenvalue weighted by Crippen LogP contribution is -2.52. The fourth-order valence-electron chi connectivity index (χ4n) is 4.20. The van der Waals surface area contributed by atoms with Crippen LogP contribution in [0.15, 0.2) is 97.1 Å².